The van der Waals surface area contributed by atoms with Crippen LogP contribution in [0.1, 0.15) is 76.3 Å². The summed E-state index contributed by atoms with van der Waals surface area (Å²) in [6, 6.07) is 3.32. The van der Waals surface area contributed by atoms with E-state index in [0.29, 0.717) is 5.56 Å². The van der Waals surface area contributed by atoms with E-state index in [1.807, 2.05) is 12.2 Å². The maximum atomic E-state index is 13.1. The van der Waals surface area contributed by atoms with Crippen molar-refractivity contribution >= 4 is 29.7 Å². The van der Waals surface area contributed by atoms with Crippen molar-refractivity contribution in [3.05, 3.63) is 78.9 Å². The Balaban J connectivity index is 0.00000320. The largest absolute Gasteiger partial charge is 3.00 e. The number of hydrogen-bond acceptors (Lipinski definition) is 3. The summed E-state index contributed by atoms with van der Waals surface area (Å²) < 4.78 is 1.65. The molecule has 8 bridgehead atoms. The van der Waals surface area contributed by atoms with Gasteiger partial charge in [0.1, 0.15) is 0 Å². The van der Waals surface area contributed by atoms with Crippen molar-refractivity contribution in [3.63, 3.8) is 0 Å². The molecule has 2 aromatic heterocycles. The Labute approximate surface area is 235 Å². The zero-order valence-electron chi connectivity index (χ0n) is 22.6. The van der Waals surface area contributed by atoms with E-state index < -0.39 is 0 Å². The average Bonchev–Trinajstić information content (AvgIpc) is 3.53. The van der Waals surface area contributed by atoms with E-state index in [1.165, 1.54) is 22.3 Å². The molecule has 0 N–H and O–H groups in total. The molecule has 3 aliphatic heterocycles. The molecule has 0 atom stereocenters. The van der Waals surface area contributed by atoms with Gasteiger partial charge in [0.2, 0.25) is 0 Å². The smallest absolute Gasteiger partial charge is 0.902 e. The van der Waals surface area contributed by atoms with Gasteiger partial charge in [0.25, 0.3) is 0 Å². The minimum Gasteiger partial charge on any atom is -0.902 e. The Hall–Kier alpha value is -2.86. The van der Waals surface area contributed by atoms with Crippen molar-refractivity contribution in [3.8, 4) is 5.88 Å². The van der Waals surface area contributed by atoms with Crippen LogP contribution in [-0.2, 0) is 35.8 Å². The van der Waals surface area contributed by atoms with E-state index in [2.05, 4.69) is 59.8 Å². The summed E-state index contributed by atoms with van der Waals surface area (Å²) in [5.41, 5.74) is 12.2. The molecule has 0 aromatic carbocycles. The number of aromatic nitrogens is 2. The van der Waals surface area contributed by atoms with Gasteiger partial charge in [0, 0.05) is 5.70 Å². The van der Waals surface area contributed by atoms with Crippen LogP contribution in [0.2, 0.25) is 0 Å². The normalized spacial score (nSPS) is 16.6. The molecule has 6 heteroatoms. The molecule has 5 nitrogen and oxygen atoms in total. The third kappa shape index (κ3) is 4.43. The molecule has 0 saturated carbocycles. The third-order valence-electron chi connectivity index (χ3n) is 7.67. The summed E-state index contributed by atoms with van der Waals surface area (Å²) in [7, 11) is 1.79. The zero-order chi connectivity index (χ0) is 25.7. The second-order valence-corrected chi connectivity index (χ2v) is 9.59. The van der Waals surface area contributed by atoms with Crippen LogP contribution in [0.4, 0.5) is 0 Å². The molecule has 2 aromatic rings. The molecular weight excluding hydrogens is 641 g/mol. The zero-order valence-corrected chi connectivity index (χ0v) is 24.8. The Morgan fingerprint density at radius 2 is 1.46 bits per heavy atom. The molecule has 0 radical (unpaired) electrons. The van der Waals surface area contributed by atoms with Crippen LogP contribution in [0.25, 0.3) is 18.2 Å². The van der Waals surface area contributed by atoms with Crippen molar-refractivity contribution < 1.29 is 27.5 Å². The van der Waals surface area contributed by atoms with Crippen LogP contribution < -0.4 is 20.8 Å². The van der Waals surface area contributed by atoms with Crippen LogP contribution in [0, 0.1) is 13.0 Å². The Morgan fingerprint density at radius 3 is 2.11 bits per heavy atom. The van der Waals surface area contributed by atoms with Gasteiger partial charge in [-0.3, -0.25) is 4.99 Å². The standard InChI is InChI=1S/C31H34N4O.Au/c1-8-21-17(5)25-13-19-12-20(35(7)31(19)36)14-26-18(6)22(9-2)28(33-26)16-30-24(11-4)23(10-3)29(34-30)15-27(21)32-25;/h13-16H,8-11H2,1-7H3,(H-,32,33,34,36);/q-2;+3/p-1. The fourth-order valence-electron chi connectivity index (χ4n) is 5.59. The van der Waals surface area contributed by atoms with Gasteiger partial charge < -0.3 is 14.7 Å². The van der Waals surface area contributed by atoms with Crippen molar-refractivity contribution in [2.45, 2.75) is 67.2 Å². The van der Waals surface area contributed by atoms with E-state index in [0.717, 1.165) is 76.0 Å². The molecule has 0 unspecified atom stereocenters. The van der Waals surface area contributed by atoms with Gasteiger partial charge >= 0.3 is 22.4 Å². The van der Waals surface area contributed by atoms with Gasteiger partial charge in [-0.15, -0.1) is 35.0 Å². The summed E-state index contributed by atoms with van der Waals surface area (Å²) in [6.07, 6.45) is 11.7. The molecule has 0 saturated heterocycles. The fraction of sp³-hybridized carbons (Fsp3) is 0.355. The molecule has 0 aliphatic carbocycles. The number of nitrogens with zero attached hydrogens (tertiary/aromatic N) is 4. The van der Waals surface area contributed by atoms with E-state index in [4.69, 9.17) is 15.0 Å². The van der Waals surface area contributed by atoms with Crippen LogP contribution in [-0.4, -0.2) is 16.0 Å². The fourth-order valence-corrected chi connectivity index (χ4v) is 5.59. The van der Waals surface area contributed by atoms with E-state index in [9.17, 15) is 5.11 Å². The molecule has 194 valence electrons. The van der Waals surface area contributed by atoms with E-state index in [-0.39, 0.29) is 28.3 Å². The van der Waals surface area contributed by atoms with Gasteiger partial charge in [-0.05, 0) is 74.9 Å². The molecule has 3 aliphatic rings. The molecule has 0 amide bonds. The Bertz CT molecular complexity index is 1600. The quantitative estimate of drug-likeness (QED) is 0.359. The predicted molar refractivity (Wildman–Crippen MR) is 146 cm³/mol. The minimum atomic E-state index is -0.0777. The van der Waals surface area contributed by atoms with Crippen molar-refractivity contribution in [2.24, 2.45) is 17.0 Å². The summed E-state index contributed by atoms with van der Waals surface area (Å²) in [5, 5.41) is 14.9. The second kappa shape index (κ2) is 10.5. The first kappa shape index (κ1) is 27.2. The van der Waals surface area contributed by atoms with Crippen LogP contribution in [0.3, 0.4) is 0 Å². The SMILES string of the molecule is CCC1=C(C)C2=Cc3[c-]c(n(C)c3[O-])C=c3[n-]c(c(CC)c3C)=CC3=NC(=CC1=N2)C(CC)=C3CC.[Au+3]. The number of allylic oxidation sites excluding steroid dienone is 5. The van der Waals surface area contributed by atoms with Crippen LogP contribution >= 0.6 is 0 Å². The van der Waals surface area contributed by atoms with Crippen molar-refractivity contribution in [2.75, 3.05) is 0 Å². The molecule has 37 heavy (non-hydrogen) atoms. The van der Waals surface area contributed by atoms with Crippen molar-refractivity contribution in [1.29, 1.82) is 0 Å². The number of aliphatic imine (C=N–C) groups is 2. The van der Waals surface area contributed by atoms with Gasteiger partial charge in [0.15, 0.2) is 0 Å². The van der Waals surface area contributed by atoms with E-state index in [1.54, 1.807) is 11.6 Å². The van der Waals surface area contributed by atoms with Crippen molar-refractivity contribution in [1.82, 2.24) is 9.55 Å². The van der Waals surface area contributed by atoms with Gasteiger partial charge in [0.05, 0.1) is 17.1 Å². The first-order valence-corrected chi connectivity index (χ1v) is 13.0. The predicted octanol–water partition coefficient (Wildman–Crippen LogP) is 4.32. The summed E-state index contributed by atoms with van der Waals surface area (Å²) in [6.45, 7) is 12.9. The topological polar surface area (TPSA) is 66.8 Å². The minimum absolute atomic E-state index is 0. The number of hydrogen-bond donors (Lipinski definition) is 0. The molecule has 5 rings (SSSR count). The number of rotatable bonds is 4. The van der Waals surface area contributed by atoms with Gasteiger partial charge in [-0.1, -0.05) is 50.6 Å². The first-order valence-electron chi connectivity index (χ1n) is 13.0. The number of fused-ring (bicyclic) bond motifs is 6. The average molecular weight is 675 g/mol. The molecule has 0 fully saturated rings. The Morgan fingerprint density at radius 1 is 0.811 bits per heavy atom. The van der Waals surface area contributed by atoms with Gasteiger partial charge in [-0.25, -0.2) is 4.99 Å². The third-order valence-corrected chi connectivity index (χ3v) is 7.67. The van der Waals surface area contributed by atoms with Crippen LogP contribution in [0.15, 0.2) is 49.7 Å². The first-order chi connectivity index (χ1) is 17.3. The summed E-state index contributed by atoms with van der Waals surface area (Å²) in [4.78, 5) is 15.1. The Kier molecular flexibility index (Phi) is 7.70. The monoisotopic (exact) mass is 674 g/mol. The van der Waals surface area contributed by atoms with E-state index >= 15 is 0 Å². The molecular formula is C31H33AuN4O. The summed E-state index contributed by atoms with van der Waals surface area (Å²) >= 11 is 0. The van der Waals surface area contributed by atoms with Crippen LogP contribution in [0.5, 0.6) is 5.88 Å². The van der Waals surface area contributed by atoms with Gasteiger partial charge in [-0.2, -0.15) is 5.35 Å². The summed E-state index contributed by atoms with van der Waals surface area (Å²) in [5.74, 6) is -0.0777. The maximum absolute atomic E-state index is 13.1. The molecule has 0 spiro atoms. The second-order valence-electron chi connectivity index (χ2n) is 9.59. The molecule has 5 heterocycles. The maximum Gasteiger partial charge on any atom is 3.00 e.